The average molecular weight is 288 g/mol. The van der Waals surface area contributed by atoms with E-state index in [2.05, 4.69) is 10.3 Å². The predicted octanol–water partition coefficient (Wildman–Crippen LogP) is 2.49. The van der Waals surface area contributed by atoms with Crippen LogP contribution in [0.25, 0.3) is 0 Å². The second-order valence-corrected chi connectivity index (χ2v) is 4.41. The van der Waals surface area contributed by atoms with Crippen LogP contribution in [0.15, 0.2) is 42.6 Å². The molecule has 1 aromatic heterocycles. The number of aromatic nitrogens is 1. The van der Waals surface area contributed by atoms with Crippen molar-refractivity contribution in [1.82, 2.24) is 4.98 Å². The van der Waals surface area contributed by atoms with Crippen LogP contribution in [0.4, 0.5) is 10.1 Å². The number of pyridine rings is 1. The predicted molar refractivity (Wildman–Crippen MR) is 74.5 cm³/mol. The van der Waals surface area contributed by atoms with Crippen molar-refractivity contribution < 1.29 is 19.1 Å². The topological polar surface area (TPSA) is 79.3 Å². The highest BCUT2D eigenvalue weighted by Gasteiger charge is 2.06. The molecule has 0 bridgehead atoms. The van der Waals surface area contributed by atoms with Crippen LogP contribution in [0.2, 0.25) is 0 Å². The zero-order valence-electron chi connectivity index (χ0n) is 11.0. The number of anilines is 1. The molecule has 0 spiro atoms. The summed E-state index contributed by atoms with van der Waals surface area (Å²) in [7, 11) is 0. The maximum Gasteiger partial charge on any atom is 0.354 e. The van der Waals surface area contributed by atoms with Gasteiger partial charge in [-0.2, -0.15) is 0 Å². The fraction of sp³-hybridized carbons (Fsp3) is 0.133. The maximum atomic E-state index is 12.7. The van der Waals surface area contributed by atoms with Crippen LogP contribution < -0.4 is 5.32 Å². The molecule has 2 N–H and O–H groups in total. The third-order valence-electron chi connectivity index (χ3n) is 2.82. The second kappa shape index (κ2) is 6.60. The molecule has 21 heavy (non-hydrogen) atoms. The number of carboxylic acid groups (broad SMARTS) is 1. The van der Waals surface area contributed by atoms with Crippen molar-refractivity contribution in [3.8, 4) is 0 Å². The van der Waals surface area contributed by atoms with Crippen LogP contribution in [0, 0.1) is 5.82 Å². The van der Waals surface area contributed by atoms with Crippen LogP contribution in [0.5, 0.6) is 0 Å². The molecule has 0 atom stereocenters. The number of rotatable bonds is 5. The molecule has 0 fully saturated rings. The number of hydrogen-bond donors (Lipinski definition) is 2. The van der Waals surface area contributed by atoms with Gasteiger partial charge in [0.05, 0.1) is 11.9 Å². The van der Waals surface area contributed by atoms with Crippen LogP contribution in [0.1, 0.15) is 22.5 Å². The number of amides is 1. The molecule has 1 heterocycles. The molecule has 1 amide bonds. The summed E-state index contributed by atoms with van der Waals surface area (Å²) in [6.07, 6.45) is 2.03. The highest BCUT2D eigenvalue weighted by Crippen LogP contribution is 2.09. The van der Waals surface area contributed by atoms with Gasteiger partial charge in [-0.3, -0.25) is 4.79 Å². The zero-order valence-corrected chi connectivity index (χ0v) is 11.0. The van der Waals surface area contributed by atoms with Gasteiger partial charge < -0.3 is 10.4 Å². The average Bonchev–Trinajstić information content (AvgIpc) is 2.47. The van der Waals surface area contributed by atoms with E-state index in [9.17, 15) is 14.0 Å². The molecular formula is C15H13FN2O3. The van der Waals surface area contributed by atoms with Crippen molar-refractivity contribution in [3.05, 3.63) is 59.7 Å². The van der Waals surface area contributed by atoms with Crippen molar-refractivity contribution in [2.45, 2.75) is 12.8 Å². The minimum absolute atomic E-state index is 0.0840. The summed E-state index contributed by atoms with van der Waals surface area (Å²) < 4.78 is 12.7. The van der Waals surface area contributed by atoms with Crippen molar-refractivity contribution in [2.24, 2.45) is 0 Å². The highest BCUT2D eigenvalue weighted by molar-refractivity contribution is 5.91. The van der Waals surface area contributed by atoms with Gasteiger partial charge in [-0.05, 0) is 36.2 Å². The quantitative estimate of drug-likeness (QED) is 0.886. The summed E-state index contributed by atoms with van der Waals surface area (Å²) in [5.41, 5.74) is 1.22. The smallest absolute Gasteiger partial charge is 0.354 e. The van der Waals surface area contributed by atoms with Crippen LogP contribution in [-0.4, -0.2) is 22.0 Å². The Balaban J connectivity index is 1.86. The van der Waals surface area contributed by atoms with Crippen molar-refractivity contribution in [3.63, 3.8) is 0 Å². The monoisotopic (exact) mass is 288 g/mol. The van der Waals surface area contributed by atoms with Gasteiger partial charge >= 0.3 is 5.97 Å². The Kier molecular flexibility index (Phi) is 4.61. The number of nitrogens with one attached hydrogen (secondary N) is 1. The minimum Gasteiger partial charge on any atom is -0.477 e. The van der Waals surface area contributed by atoms with Crippen LogP contribution >= 0.6 is 0 Å². The van der Waals surface area contributed by atoms with Gasteiger partial charge in [-0.15, -0.1) is 0 Å². The first-order valence-corrected chi connectivity index (χ1v) is 6.28. The Morgan fingerprint density at radius 3 is 2.43 bits per heavy atom. The molecule has 1 aromatic carbocycles. The van der Waals surface area contributed by atoms with E-state index in [0.29, 0.717) is 12.1 Å². The molecule has 0 aliphatic rings. The fourth-order valence-corrected chi connectivity index (χ4v) is 1.73. The molecule has 0 saturated heterocycles. The highest BCUT2D eigenvalue weighted by atomic mass is 19.1. The van der Waals surface area contributed by atoms with Gasteiger partial charge in [0.25, 0.3) is 0 Å². The number of halogens is 1. The largest absolute Gasteiger partial charge is 0.477 e. The standard InChI is InChI=1S/C15H13FN2O3/c16-11-4-1-10(2-5-11)3-8-14(19)18-12-6-7-13(15(20)21)17-9-12/h1-2,4-7,9H,3,8H2,(H,18,19)(H,20,21). The summed E-state index contributed by atoms with van der Waals surface area (Å²) in [6.45, 7) is 0. The maximum absolute atomic E-state index is 12.7. The molecule has 5 nitrogen and oxygen atoms in total. The molecular weight excluding hydrogens is 275 g/mol. The second-order valence-electron chi connectivity index (χ2n) is 4.41. The molecule has 0 unspecified atom stereocenters. The van der Waals surface area contributed by atoms with E-state index >= 15 is 0 Å². The Bertz CT molecular complexity index is 639. The van der Waals surface area contributed by atoms with E-state index in [1.807, 2.05) is 0 Å². The van der Waals surface area contributed by atoms with Crippen LogP contribution in [-0.2, 0) is 11.2 Å². The van der Waals surface area contributed by atoms with E-state index in [0.717, 1.165) is 5.56 Å². The number of aromatic carboxylic acids is 1. The summed E-state index contributed by atoms with van der Waals surface area (Å²) in [6, 6.07) is 8.76. The fourth-order valence-electron chi connectivity index (χ4n) is 1.73. The Morgan fingerprint density at radius 2 is 1.86 bits per heavy atom. The first-order chi connectivity index (χ1) is 10.0. The number of hydrogen-bond acceptors (Lipinski definition) is 3. The van der Waals surface area contributed by atoms with Crippen molar-refractivity contribution in [1.29, 1.82) is 0 Å². The SMILES string of the molecule is O=C(CCc1ccc(F)cc1)Nc1ccc(C(=O)O)nc1. The third-order valence-corrected chi connectivity index (χ3v) is 2.82. The lowest BCUT2D eigenvalue weighted by molar-refractivity contribution is -0.116. The molecule has 2 aromatic rings. The lowest BCUT2D eigenvalue weighted by Crippen LogP contribution is -2.13. The van der Waals surface area contributed by atoms with Gasteiger partial charge in [-0.25, -0.2) is 14.2 Å². The molecule has 0 aliphatic carbocycles. The number of carbonyl (C=O) groups is 2. The van der Waals surface area contributed by atoms with Gasteiger partial charge in [-0.1, -0.05) is 12.1 Å². The molecule has 6 heteroatoms. The lowest BCUT2D eigenvalue weighted by Gasteiger charge is -2.05. The minimum atomic E-state index is -1.12. The summed E-state index contributed by atoms with van der Waals surface area (Å²) in [5.74, 6) is -1.65. The number of carbonyl (C=O) groups excluding carboxylic acids is 1. The first-order valence-electron chi connectivity index (χ1n) is 6.28. The number of benzene rings is 1. The molecule has 0 aliphatic heterocycles. The normalized spacial score (nSPS) is 10.1. The number of aryl methyl sites for hydroxylation is 1. The molecule has 108 valence electrons. The van der Waals surface area contributed by atoms with E-state index in [1.54, 1.807) is 12.1 Å². The first kappa shape index (κ1) is 14.6. The summed E-state index contributed by atoms with van der Waals surface area (Å²) in [4.78, 5) is 26.1. The Labute approximate surface area is 120 Å². The molecule has 0 saturated carbocycles. The molecule has 2 rings (SSSR count). The summed E-state index contributed by atoms with van der Waals surface area (Å²) in [5, 5.41) is 11.3. The van der Waals surface area contributed by atoms with E-state index in [4.69, 9.17) is 5.11 Å². The van der Waals surface area contributed by atoms with Crippen molar-refractivity contribution >= 4 is 17.6 Å². The molecule has 0 radical (unpaired) electrons. The lowest BCUT2D eigenvalue weighted by atomic mass is 10.1. The van der Waals surface area contributed by atoms with E-state index in [1.165, 1.54) is 30.5 Å². The van der Waals surface area contributed by atoms with Crippen molar-refractivity contribution in [2.75, 3.05) is 5.32 Å². The van der Waals surface area contributed by atoms with Crippen LogP contribution in [0.3, 0.4) is 0 Å². The van der Waals surface area contributed by atoms with Gasteiger partial charge in [0, 0.05) is 6.42 Å². The van der Waals surface area contributed by atoms with Gasteiger partial charge in [0.2, 0.25) is 5.91 Å². The van der Waals surface area contributed by atoms with Gasteiger partial charge in [0.15, 0.2) is 0 Å². The number of nitrogens with zero attached hydrogens (tertiary/aromatic N) is 1. The van der Waals surface area contributed by atoms with E-state index < -0.39 is 5.97 Å². The Morgan fingerprint density at radius 1 is 1.14 bits per heavy atom. The summed E-state index contributed by atoms with van der Waals surface area (Å²) >= 11 is 0. The number of carboxylic acids is 1. The Hall–Kier alpha value is -2.76. The van der Waals surface area contributed by atoms with Gasteiger partial charge in [0.1, 0.15) is 11.5 Å². The van der Waals surface area contributed by atoms with E-state index in [-0.39, 0.29) is 23.8 Å². The zero-order chi connectivity index (χ0) is 15.2. The third kappa shape index (κ3) is 4.38.